The summed E-state index contributed by atoms with van der Waals surface area (Å²) >= 11 is 0. The van der Waals surface area contributed by atoms with Crippen LogP contribution in [-0.4, -0.2) is 35.1 Å². The molecule has 0 spiro atoms. The molecule has 0 bridgehead atoms. The Bertz CT molecular complexity index is 223. The zero-order valence-electron chi connectivity index (χ0n) is 8.94. The van der Waals surface area contributed by atoms with Crippen LogP contribution < -0.4 is 0 Å². The monoisotopic (exact) mass is 197 g/mol. The molecule has 3 heteroatoms. The first-order valence-electron chi connectivity index (χ1n) is 5.23. The van der Waals surface area contributed by atoms with Gasteiger partial charge in [-0.15, -0.1) is 0 Å². The van der Waals surface area contributed by atoms with Crippen LogP contribution in [0.3, 0.4) is 0 Å². The second kappa shape index (κ2) is 5.15. The van der Waals surface area contributed by atoms with Gasteiger partial charge in [0, 0.05) is 18.7 Å². The molecule has 1 aliphatic rings. The average molecular weight is 197 g/mol. The summed E-state index contributed by atoms with van der Waals surface area (Å²) in [5.41, 5.74) is 0. The van der Waals surface area contributed by atoms with Crippen molar-refractivity contribution >= 4 is 5.97 Å². The predicted molar refractivity (Wildman–Crippen MR) is 56.2 cm³/mol. The fraction of sp³-hybridized carbons (Fsp3) is 0.727. The molecule has 1 N–H and O–H groups in total. The molecule has 1 saturated heterocycles. The maximum Gasteiger partial charge on any atom is 0.327 e. The van der Waals surface area contributed by atoms with E-state index in [2.05, 4.69) is 18.7 Å². The highest BCUT2D eigenvalue weighted by molar-refractivity contribution is 5.79. The van der Waals surface area contributed by atoms with Crippen LogP contribution in [0.1, 0.15) is 26.7 Å². The number of carboxylic acid groups (broad SMARTS) is 1. The van der Waals surface area contributed by atoms with Gasteiger partial charge in [-0.1, -0.05) is 6.08 Å². The van der Waals surface area contributed by atoms with E-state index < -0.39 is 5.97 Å². The Morgan fingerprint density at radius 3 is 2.86 bits per heavy atom. The van der Waals surface area contributed by atoms with E-state index >= 15 is 0 Å². The summed E-state index contributed by atoms with van der Waals surface area (Å²) in [4.78, 5) is 12.7. The first-order valence-corrected chi connectivity index (χ1v) is 5.23. The largest absolute Gasteiger partial charge is 0.478 e. The van der Waals surface area contributed by atoms with Crippen LogP contribution >= 0.6 is 0 Å². The quantitative estimate of drug-likeness (QED) is 0.698. The van der Waals surface area contributed by atoms with Gasteiger partial charge in [-0.3, -0.25) is 0 Å². The molecule has 0 saturated carbocycles. The van der Waals surface area contributed by atoms with Gasteiger partial charge in [0.15, 0.2) is 0 Å². The molecule has 0 amide bonds. The normalized spacial score (nSPS) is 23.8. The van der Waals surface area contributed by atoms with Crippen molar-refractivity contribution in [3.63, 3.8) is 0 Å². The second-order valence-electron chi connectivity index (χ2n) is 4.22. The fourth-order valence-corrected chi connectivity index (χ4v) is 1.89. The van der Waals surface area contributed by atoms with Gasteiger partial charge in [0.2, 0.25) is 0 Å². The number of nitrogens with zero attached hydrogens (tertiary/aromatic N) is 1. The van der Waals surface area contributed by atoms with E-state index in [0.29, 0.717) is 12.0 Å². The van der Waals surface area contributed by atoms with Crippen molar-refractivity contribution in [1.29, 1.82) is 0 Å². The van der Waals surface area contributed by atoms with Crippen molar-refractivity contribution in [1.82, 2.24) is 4.90 Å². The molecule has 0 aromatic carbocycles. The molecule has 0 aromatic rings. The van der Waals surface area contributed by atoms with E-state index in [0.717, 1.165) is 19.5 Å². The van der Waals surface area contributed by atoms with Crippen LogP contribution in [0.25, 0.3) is 0 Å². The number of rotatable bonds is 4. The van der Waals surface area contributed by atoms with Crippen molar-refractivity contribution in [3.8, 4) is 0 Å². The van der Waals surface area contributed by atoms with Crippen LogP contribution in [0, 0.1) is 5.92 Å². The summed E-state index contributed by atoms with van der Waals surface area (Å²) in [6.07, 6.45) is 5.12. The molecule has 1 unspecified atom stereocenters. The van der Waals surface area contributed by atoms with Gasteiger partial charge >= 0.3 is 5.97 Å². The standard InChI is InChI=1S/C11H19NO2/c1-9(2)12-7-6-10(8-12)4-3-5-11(13)14/h3,5,9-10H,4,6-8H2,1-2H3,(H,13,14)/b5-3-. The number of allylic oxidation sites excluding steroid dienone is 1. The van der Waals surface area contributed by atoms with Crippen LogP contribution in [0.4, 0.5) is 0 Å². The zero-order valence-corrected chi connectivity index (χ0v) is 8.94. The molecule has 0 radical (unpaired) electrons. The second-order valence-corrected chi connectivity index (χ2v) is 4.22. The molecule has 1 atom stereocenters. The predicted octanol–water partition coefficient (Wildman–Crippen LogP) is 1.75. The summed E-state index contributed by atoms with van der Waals surface area (Å²) in [5.74, 6) is -0.197. The minimum Gasteiger partial charge on any atom is -0.478 e. The highest BCUT2D eigenvalue weighted by atomic mass is 16.4. The summed E-state index contributed by atoms with van der Waals surface area (Å²) in [7, 11) is 0. The van der Waals surface area contributed by atoms with Gasteiger partial charge in [0.05, 0.1) is 0 Å². The van der Waals surface area contributed by atoms with Crippen molar-refractivity contribution in [3.05, 3.63) is 12.2 Å². The molecule has 14 heavy (non-hydrogen) atoms. The molecular formula is C11H19NO2. The highest BCUT2D eigenvalue weighted by Crippen LogP contribution is 2.21. The number of likely N-dealkylation sites (tertiary alicyclic amines) is 1. The molecule has 80 valence electrons. The number of hydrogen-bond acceptors (Lipinski definition) is 2. The smallest absolute Gasteiger partial charge is 0.327 e. The number of carbonyl (C=O) groups is 1. The van der Waals surface area contributed by atoms with E-state index in [1.165, 1.54) is 12.5 Å². The summed E-state index contributed by atoms with van der Waals surface area (Å²) in [6.45, 7) is 6.68. The summed E-state index contributed by atoms with van der Waals surface area (Å²) < 4.78 is 0. The van der Waals surface area contributed by atoms with E-state index in [4.69, 9.17) is 5.11 Å². The molecule has 3 nitrogen and oxygen atoms in total. The first-order chi connectivity index (χ1) is 6.59. The number of carboxylic acids is 1. The number of hydrogen-bond donors (Lipinski definition) is 1. The lowest BCUT2D eigenvalue weighted by Gasteiger charge is -2.19. The van der Waals surface area contributed by atoms with Crippen LogP contribution in [-0.2, 0) is 4.79 Å². The zero-order chi connectivity index (χ0) is 10.6. The third kappa shape index (κ3) is 3.50. The van der Waals surface area contributed by atoms with Crippen molar-refractivity contribution < 1.29 is 9.90 Å². The van der Waals surface area contributed by atoms with E-state index in [1.54, 1.807) is 6.08 Å². The van der Waals surface area contributed by atoms with Crippen LogP contribution in [0.5, 0.6) is 0 Å². The molecule has 1 fully saturated rings. The lowest BCUT2D eigenvalue weighted by atomic mass is 10.1. The van der Waals surface area contributed by atoms with Gasteiger partial charge in [0.25, 0.3) is 0 Å². The summed E-state index contributed by atoms with van der Waals surface area (Å²) in [6, 6.07) is 0.614. The maximum atomic E-state index is 10.2. The number of aliphatic carboxylic acids is 1. The molecule has 1 heterocycles. The Hall–Kier alpha value is -0.830. The molecule has 0 aliphatic carbocycles. The average Bonchev–Trinajstić information content (AvgIpc) is 2.52. The topological polar surface area (TPSA) is 40.5 Å². The third-order valence-corrected chi connectivity index (χ3v) is 2.78. The Balaban J connectivity index is 2.26. The van der Waals surface area contributed by atoms with Crippen molar-refractivity contribution in [2.45, 2.75) is 32.7 Å². The van der Waals surface area contributed by atoms with E-state index in [-0.39, 0.29) is 0 Å². The van der Waals surface area contributed by atoms with Crippen molar-refractivity contribution in [2.24, 2.45) is 5.92 Å². The van der Waals surface area contributed by atoms with E-state index in [9.17, 15) is 4.79 Å². The van der Waals surface area contributed by atoms with Gasteiger partial charge in [-0.2, -0.15) is 0 Å². The SMILES string of the molecule is CC(C)N1CCC(C/C=C\C(=O)O)C1. The Morgan fingerprint density at radius 2 is 2.36 bits per heavy atom. The Labute approximate surface area is 85.4 Å². The minimum atomic E-state index is -0.844. The Morgan fingerprint density at radius 1 is 1.64 bits per heavy atom. The van der Waals surface area contributed by atoms with Gasteiger partial charge < -0.3 is 10.0 Å². The highest BCUT2D eigenvalue weighted by Gasteiger charge is 2.22. The lowest BCUT2D eigenvalue weighted by molar-refractivity contribution is -0.131. The van der Waals surface area contributed by atoms with Crippen LogP contribution in [0.15, 0.2) is 12.2 Å². The fourth-order valence-electron chi connectivity index (χ4n) is 1.89. The molecule has 1 rings (SSSR count). The lowest BCUT2D eigenvalue weighted by Crippen LogP contribution is -2.28. The summed E-state index contributed by atoms with van der Waals surface area (Å²) in [5, 5.41) is 8.43. The molecular weight excluding hydrogens is 178 g/mol. The van der Waals surface area contributed by atoms with E-state index in [1.807, 2.05) is 0 Å². The Kier molecular flexibility index (Phi) is 4.14. The molecule has 1 aliphatic heterocycles. The van der Waals surface area contributed by atoms with Gasteiger partial charge in [0.1, 0.15) is 0 Å². The molecule has 0 aromatic heterocycles. The van der Waals surface area contributed by atoms with Crippen LogP contribution in [0.2, 0.25) is 0 Å². The van der Waals surface area contributed by atoms with Gasteiger partial charge in [-0.25, -0.2) is 4.79 Å². The first kappa shape index (κ1) is 11.2. The van der Waals surface area contributed by atoms with Gasteiger partial charge in [-0.05, 0) is 39.2 Å². The third-order valence-electron chi connectivity index (χ3n) is 2.78. The maximum absolute atomic E-state index is 10.2. The minimum absolute atomic E-state index is 0.614. The van der Waals surface area contributed by atoms with Crippen molar-refractivity contribution in [2.75, 3.05) is 13.1 Å².